The Hall–Kier alpha value is -3.85. The summed E-state index contributed by atoms with van der Waals surface area (Å²) < 4.78 is 79.4. The van der Waals surface area contributed by atoms with Crippen molar-refractivity contribution < 1.29 is 51.0 Å². The van der Waals surface area contributed by atoms with Crippen molar-refractivity contribution in [3.8, 4) is 5.75 Å². The highest BCUT2D eigenvalue weighted by molar-refractivity contribution is 9.10. The lowest BCUT2D eigenvalue weighted by molar-refractivity contribution is -0.125. The van der Waals surface area contributed by atoms with Gasteiger partial charge < -0.3 is 9.84 Å². The van der Waals surface area contributed by atoms with Gasteiger partial charge >= 0.3 is 0 Å². The van der Waals surface area contributed by atoms with Gasteiger partial charge in [-0.05, 0) is 60.7 Å². The Balaban J connectivity index is 1.40. The van der Waals surface area contributed by atoms with E-state index in [0.717, 1.165) is 4.90 Å². The number of hydrogen-bond acceptors (Lipinski definition) is 6. The van der Waals surface area contributed by atoms with Crippen molar-refractivity contribution in [3.63, 3.8) is 0 Å². The minimum absolute atomic E-state index is 0.00798. The van der Waals surface area contributed by atoms with Crippen LogP contribution in [0.5, 0.6) is 5.75 Å². The molecule has 2 aliphatic heterocycles. The number of hydrogen-bond donors (Lipinski definition) is 1. The van der Waals surface area contributed by atoms with Crippen molar-refractivity contribution in [2.75, 3.05) is 23.0 Å². The summed E-state index contributed by atoms with van der Waals surface area (Å²) >= 11 is 17.6. The first-order valence-electron chi connectivity index (χ1n) is 15.1. The Kier molecular flexibility index (Phi) is 8.40. The highest BCUT2D eigenvalue weighted by Gasteiger charge is 2.77. The van der Waals surface area contributed by atoms with Gasteiger partial charge in [0.2, 0.25) is 17.6 Å². The Morgan fingerprint density at radius 1 is 0.800 bits per heavy atom. The predicted molar refractivity (Wildman–Crippen MR) is 172 cm³/mol. The van der Waals surface area contributed by atoms with Gasteiger partial charge in [-0.25, -0.2) is 26.9 Å². The van der Waals surface area contributed by atoms with E-state index in [-0.39, 0.29) is 41.5 Å². The number of imide groups is 2. The summed E-state index contributed by atoms with van der Waals surface area (Å²) in [4.78, 5) is 52.1. The molecule has 1 N–H and O–H groups in total. The molecule has 6 atom stereocenters. The van der Waals surface area contributed by atoms with Crippen molar-refractivity contribution in [2.45, 2.75) is 28.5 Å². The molecule has 8 nitrogen and oxygen atoms in total. The van der Waals surface area contributed by atoms with E-state index in [1.807, 2.05) is 0 Å². The van der Waals surface area contributed by atoms with Crippen LogP contribution in [0.1, 0.15) is 24.3 Å². The van der Waals surface area contributed by atoms with Gasteiger partial charge in [-0.1, -0.05) is 39.7 Å². The molecule has 2 heterocycles. The van der Waals surface area contributed by atoms with Crippen molar-refractivity contribution >= 4 is 74.1 Å². The van der Waals surface area contributed by atoms with Gasteiger partial charge in [-0.2, -0.15) is 0 Å². The number of ether oxygens (including phenoxy) is 1. The average molecular weight is 800 g/mol. The highest BCUT2D eigenvalue weighted by atomic mass is 79.9. The number of carbonyl (C=O) groups excluding carboxylic acids is 4. The Morgan fingerprint density at radius 3 is 2.00 bits per heavy atom. The van der Waals surface area contributed by atoms with Gasteiger partial charge in [0.1, 0.15) is 18.0 Å². The Morgan fingerprint density at radius 2 is 1.40 bits per heavy atom. The lowest BCUT2D eigenvalue weighted by Crippen LogP contribution is -2.60. The van der Waals surface area contributed by atoms with Gasteiger partial charge in [0.25, 0.3) is 11.8 Å². The van der Waals surface area contributed by atoms with E-state index in [4.69, 9.17) is 33.0 Å². The molecule has 4 amide bonds. The molecular formula is C34H22BrCl2F5N2O6. The molecule has 3 aromatic rings. The number of amides is 4. The van der Waals surface area contributed by atoms with E-state index >= 15 is 8.78 Å². The van der Waals surface area contributed by atoms with Crippen LogP contribution in [0.25, 0.3) is 0 Å². The third-order valence-electron chi connectivity index (χ3n) is 9.88. The molecule has 0 aromatic heterocycles. The van der Waals surface area contributed by atoms with Crippen molar-refractivity contribution in [3.05, 3.63) is 99.3 Å². The standard InChI is InChI=1S/C34H22BrCl2F5N2O6/c35-15-3-5-16(6-4-15)43-29(46)19-10-9-18-20(21(19)30(43)47)13-33(36)31(48)44(28-26(41)24(39)23(38)25(40)27(28)42)32(49)34(33,37)22(18)14-1-7-17(8-2-14)50-12-11-45/h1-9,19-22,45H,10-13H2/t19-,20+,21-,22-,33+,34-/m0/s1. The molecule has 7 rings (SSSR count). The number of rotatable bonds is 6. The average Bonchev–Trinajstić information content (AvgIpc) is 3.44. The quantitative estimate of drug-likeness (QED) is 0.0787. The molecule has 260 valence electrons. The van der Waals surface area contributed by atoms with E-state index in [0.29, 0.717) is 10.0 Å². The molecule has 4 aliphatic rings. The van der Waals surface area contributed by atoms with Crippen LogP contribution in [0, 0.1) is 46.8 Å². The molecule has 0 radical (unpaired) electrons. The molecule has 0 bridgehead atoms. The van der Waals surface area contributed by atoms with Gasteiger partial charge in [0.05, 0.1) is 24.1 Å². The highest BCUT2D eigenvalue weighted by Crippen LogP contribution is 2.66. The lowest BCUT2D eigenvalue weighted by Gasteiger charge is -2.50. The van der Waals surface area contributed by atoms with Gasteiger partial charge in [0, 0.05) is 10.4 Å². The smallest absolute Gasteiger partial charge is 0.258 e. The molecule has 0 unspecified atom stereocenters. The number of benzene rings is 3. The molecule has 50 heavy (non-hydrogen) atoms. The number of fused-ring (bicyclic) bond motifs is 4. The van der Waals surface area contributed by atoms with Crippen LogP contribution in [0.4, 0.5) is 33.3 Å². The molecule has 2 aliphatic carbocycles. The minimum Gasteiger partial charge on any atom is -0.491 e. The second-order valence-electron chi connectivity index (χ2n) is 12.3. The van der Waals surface area contributed by atoms with Gasteiger partial charge in [0.15, 0.2) is 33.0 Å². The van der Waals surface area contributed by atoms with Crippen LogP contribution >= 0.6 is 39.1 Å². The summed E-state index contributed by atoms with van der Waals surface area (Å²) in [6, 6.07) is 12.2. The largest absolute Gasteiger partial charge is 0.491 e. The minimum atomic E-state index is -2.63. The van der Waals surface area contributed by atoms with Gasteiger partial charge in [-0.15, -0.1) is 23.2 Å². The van der Waals surface area contributed by atoms with Crippen LogP contribution < -0.4 is 14.5 Å². The normalized spacial score (nSPS) is 28.9. The topological polar surface area (TPSA) is 104 Å². The summed E-state index contributed by atoms with van der Waals surface area (Å²) in [6.45, 7) is -0.354. The van der Waals surface area contributed by atoms with E-state index < -0.39 is 98.2 Å². The fraction of sp³-hybridized carbons (Fsp3) is 0.294. The first-order chi connectivity index (χ1) is 23.7. The number of allylic oxidation sites excluding steroid dienone is 2. The number of alkyl halides is 2. The van der Waals surface area contributed by atoms with Crippen LogP contribution in [0.2, 0.25) is 0 Å². The molecule has 3 fully saturated rings. The lowest BCUT2D eigenvalue weighted by atomic mass is 9.56. The van der Waals surface area contributed by atoms with E-state index in [1.165, 1.54) is 24.3 Å². The van der Waals surface area contributed by atoms with E-state index in [9.17, 15) is 32.3 Å². The van der Waals surface area contributed by atoms with Crippen LogP contribution in [-0.4, -0.2) is 51.7 Å². The molecule has 2 saturated heterocycles. The van der Waals surface area contributed by atoms with E-state index in [2.05, 4.69) is 15.9 Å². The Bertz CT molecular complexity index is 2010. The predicted octanol–water partition coefficient (Wildman–Crippen LogP) is 6.28. The number of nitrogens with zero attached hydrogens (tertiary/aromatic N) is 2. The first kappa shape index (κ1) is 34.6. The second kappa shape index (κ2) is 12.1. The van der Waals surface area contributed by atoms with Crippen LogP contribution in [0.15, 0.2) is 64.7 Å². The summed E-state index contributed by atoms with van der Waals surface area (Å²) in [6.07, 6.45) is 1.01. The zero-order chi connectivity index (χ0) is 36.0. The number of anilines is 2. The number of carbonyl (C=O) groups is 4. The number of halogens is 8. The maximum Gasteiger partial charge on any atom is 0.258 e. The maximum atomic E-state index is 15.2. The molecular weight excluding hydrogens is 778 g/mol. The van der Waals surface area contributed by atoms with Crippen molar-refractivity contribution in [1.82, 2.24) is 0 Å². The summed E-state index contributed by atoms with van der Waals surface area (Å²) in [5.74, 6) is -20.7. The van der Waals surface area contributed by atoms with Crippen LogP contribution in [0.3, 0.4) is 0 Å². The zero-order valence-electron chi connectivity index (χ0n) is 25.2. The molecule has 0 spiro atoms. The van der Waals surface area contributed by atoms with Crippen molar-refractivity contribution in [2.24, 2.45) is 17.8 Å². The fourth-order valence-electron chi connectivity index (χ4n) is 7.71. The zero-order valence-corrected chi connectivity index (χ0v) is 28.3. The summed E-state index contributed by atoms with van der Waals surface area (Å²) in [5.41, 5.74) is -1.03. The van der Waals surface area contributed by atoms with Gasteiger partial charge in [-0.3, -0.25) is 24.1 Å². The molecule has 16 heteroatoms. The third kappa shape index (κ3) is 4.64. The summed E-state index contributed by atoms with van der Waals surface area (Å²) in [5, 5.41) is 9.14. The SMILES string of the molecule is O=C1[C@H]2[C@H](CC=C3[C@H]2C[C@@]2(Cl)C(=O)N(c4c(F)c(F)c(F)c(F)c4F)C(=O)[C@@]2(Cl)[C@H]3c2ccc(OCCO)cc2)C(=O)N1c1ccc(Br)cc1. The molecule has 1 saturated carbocycles. The maximum absolute atomic E-state index is 15.2. The second-order valence-corrected chi connectivity index (χ2v) is 14.5. The fourth-order valence-corrected chi connectivity index (χ4v) is 8.90. The third-order valence-corrected chi connectivity index (χ3v) is 11.8. The number of aliphatic hydroxyl groups excluding tert-OH is 1. The first-order valence-corrected chi connectivity index (χ1v) is 16.7. The number of aliphatic hydroxyl groups is 1. The summed E-state index contributed by atoms with van der Waals surface area (Å²) in [7, 11) is 0. The van der Waals surface area contributed by atoms with E-state index in [1.54, 1.807) is 30.3 Å². The van der Waals surface area contributed by atoms with Crippen LogP contribution in [-0.2, 0) is 19.2 Å². The Labute approximate surface area is 298 Å². The molecule has 3 aromatic carbocycles. The van der Waals surface area contributed by atoms with Crippen molar-refractivity contribution in [1.29, 1.82) is 0 Å². The monoisotopic (exact) mass is 798 g/mol.